The third-order valence-corrected chi connectivity index (χ3v) is 3.78. The van der Waals surface area contributed by atoms with Crippen LogP contribution in [0.15, 0.2) is 42.6 Å². The Balaban J connectivity index is 2.13. The third kappa shape index (κ3) is 1.28. The van der Waals surface area contributed by atoms with Gasteiger partial charge in [0.15, 0.2) is 12.2 Å². The molecule has 0 saturated carbocycles. The lowest BCUT2D eigenvalue weighted by Crippen LogP contribution is -2.36. The van der Waals surface area contributed by atoms with E-state index in [1.807, 2.05) is 18.2 Å². The number of nitrogens with zero attached hydrogens (tertiary/aromatic N) is 3. The van der Waals surface area contributed by atoms with E-state index in [2.05, 4.69) is 45.5 Å². The largest absolute Gasteiger partial charge is 0.238 e. The highest BCUT2D eigenvalue weighted by atomic mass is 15.4. The first-order chi connectivity index (χ1) is 9.28. The fourth-order valence-corrected chi connectivity index (χ4v) is 2.94. The highest BCUT2D eigenvalue weighted by molar-refractivity contribution is 5.83. The van der Waals surface area contributed by atoms with Crippen molar-refractivity contribution in [3.8, 4) is 5.69 Å². The van der Waals surface area contributed by atoms with Crippen molar-refractivity contribution in [2.24, 2.45) is 0 Å². The quantitative estimate of drug-likeness (QED) is 0.334. The maximum Gasteiger partial charge on any atom is 0.204 e. The van der Waals surface area contributed by atoms with Gasteiger partial charge < -0.3 is 0 Å². The van der Waals surface area contributed by atoms with E-state index < -0.39 is 0 Å². The van der Waals surface area contributed by atoms with E-state index in [9.17, 15) is 0 Å². The van der Waals surface area contributed by atoms with E-state index in [0.29, 0.717) is 5.69 Å². The molecule has 90 valence electrons. The Hall–Kier alpha value is -2.60. The summed E-state index contributed by atoms with van der Waals surface area (Å²) in [4.78, 5) is 3.53. The zero-order valence-electron chi connectivity index (χ0n) is 10.6. The summed E-state index contributed by atoms with van der Waals surface area (Å²) >= 11 is 0. The molecule has 0 fully saturated rings. The van der Waals surface area contributed by atoms with Gasteiger partial charge in [0.05, 0.1) is 12.0 Å². The first-order valence-electron chi connectivity index (χ1n) is 6.29. The van der Waals surface area contributed by atoms with Crippen LogP contribution in [0.4, 0.5) is 5.69 Å². The van der Waals surface area contributed by atoms with Crippen molar-refractivity contribution in [2.75, 3.05) is 0 Å². The molecule has 3 aromatic rings. The van der Waals surface area contributed by atoms with Crippen LogP contribution >= 0.6 is 0 Å². The van der Waals surface area contributed by atoms with Gasteiger partial charge in [0.1, 0.15) is 11.2 Å². The smallest absolute Gasteiger partial charge is 0.204 e. The summed E-state index contributed by atoms with van der Waals surface area (Å²) in [6, 6.07) is 12.3. The van der Waals surface area contributed by atoms with Gasteiger partial charge in [-0.2, -0.15) is 0 Å². The Kier molecular flexibility index (Phi) is 1.88. The minimum absolute atomic E-state index is 0.691. The molecule has 2 heterocycles. The molecule has 3 heteroatoms. The van der Waals surface area contributed by atoms with E-state index in [0.717, 1.165) is 12.1 Å². The Bertz CT molecular complexity index is 866. The summed E-state index contributed by atoms with van der Waals surface area (Å²) in [5, 5.41) is 1.18. The molecule has 0 N–H and O–H groups in total. The molecule has 4 rings (SSSR count). The van der Waals surface area contributed by atoms with Crippen molar-refractivity contribution in [1.29, 1.82) is 0 Å². The number of benzene rings is 2. The van der Waals surface area contributed by atoms with Gasteiger partial charge in [-0.25, -0.2) is 4.85 Å². The zero-order chi connectivity index (χ0) is 13.0. The zero-order valence-corrected chi connectivity index (χ0v) is 10.6. The van der Waals surface area contributed by atoms with Crippen molar-refractivity contribution < 1.29 is 4.68 Å². The van der Waals surface area contributed by atoms with Crippen LogP contribution in [-0.4, -0.2) is 4.68 Å². The van der Waals surface area contributed by atoms with Gasteiger partial charge >= 0.3 is 0 Å². The summed E-state index contributed by atoms with van der Waals surface area (Å²) in [5.41, 5.74) is 5.68. The molecule has 1 aliphatic heterocycles. The maximum atomic E-state index is 7.17. The standard InChI is InChI=1S/C16H12N3/c1-11-4-3-5-13-10-18-9-12-6-7-14(17-2)8-15(12)19(18)16(11)13/h3-9H,10H2,1H3/q+1. The Labute approximate surface area is 111 Å². The molecule has 19 heavy (non-hydrogen) atoms. The van der Waals surface area contributed by atoms with Crippen molar-refractivity contribution in [1.82, 2.24) is 4.68 Å². The van der Waals surface area contributed by atoms with E-state index >= 15 is 0 Å². The minimum atomic E-state index is 0.691. The van der Waals surface area contributed by atoms with Crippen LogP contribution in [0.1, 0.15) is 11.1 Å². The van der Waals surface area contributed by atoms with Crippen molar-refractivity contribution in [3.05, 3.63) is 65.1 Å². The second kappa shape index (κ2) is 3.46. The van der Waals surface area contributed by atoms with Crippen LogP contribution in [0.5, 0.6) is 0 Å². The van der Waals surface area contributed by atoms with Gasteiger partial charge in [-0.05, 0) is 18.6 Å². The Morgan fingerprint density at radius 1 is 1.26 bits per heavy atom. The maximum absolute atomic E-state index is 7.17. The lowest BCUT2D eigenvalue weighted by Gasteiger charge is -2.02. The fraction of sp³-hybridized carbons (Fsp3) is 0.125. The first kappa shape index (κ1) is 10.3. The van der Waals surface area contributed by atoms with E-state index in [1.54, 1.807) is 0 Å². The SMILES string of the molecule is [C-]#[N+]c1ccc2c[n+]3n(c2c1)-c1c(C)cccc1C3. The number of rotatable bonds is 0. The van der Waals surface area contributed by atoms with Gasteiger partial charge in [0.2, 0.25) is 6.20 Å². The van der Waals surface area contributed by atoms with Crippen LogP contribution in [0.3, 0.4) is 0 Å². The Morgan fingerprint density at radius 3 is 3.00 bits per heavy atom. The normalized spacial score (nSPS) is 12.2. The van der Waals surface area contributed by atoms with Gasteiger partial charge in [0, 0.05) is 5.56 Å². The molecule has 1 aliphatic rings. The first-order valence-corrected chi connectivity index (χ1v) is 6.29. The molecule has 0 bridgehead atoms. The number of para-hydroxylation sites is 1. The number of hydrogen-bond donors (Lipinski definition) is 0. The van der Waals surface area contributed by atoms with Crippen molar-refractivity contribution in [3.63, 3.8) is 0 Å². The second-order valence-electron chi connectivity index (χ2n) is 4.98. The van der Waals surface area contributed by atoms with Crippen LogP contribution in [0.2, 0.25) is 0 Å². The topological polar surface area (TPSA) is 13.2 Å². The average molecular weight is 246 g/mol. The average Bonchev–Trinajstić information content (AvgIpc) is 2.93. The summed E-state index contributed by atoms with van der Waals surface area (Å²) in [5.74, 6) is 0. The van der Waals surface area contributed by atoms with Gasteiger partial charge in [-0.1, -0.05) is 30.3 Å². The van der Waals surface area contributed by atoms with E-state index in [1.165, 1.54) is 22.2 Å². The number of aryl methyl sites for hydroxylation is 1. The molecule has 0 unspecified atom stereocenters. The van der Waals surface area contributed by atoms with Crippen molar-refractivity contribution >= 4 is 16.6 Å². The summed E-state index contributed by atoms with van der Waals surface area (Å²) in [6.45, 7) is 10.2. The van der Waals surface area contributed by atoms with Crippen LogP contribution in [0, 0.1) is 13.5 Å². The molecule has 1 aromatic heterocycles. The molecule has 0 spiro atoms. The number of fused-ring (bicyclic) bond motifs is 5. The highest BCUT2D eigenvalue weighted by Gasteiger charge is 2.29. The van der Waals surface area contributed by atoms with E-state index in [-0.39, 0.29) is 0 Å². The van der Waals surface area contributed by atoms with Crippen LogP contribution < -0.4 is 4.68 Å². The van der Waals surface area contributed by atoms with Gasteiger partial charge in [-0.3, -0.25) is 0 Å². The molecule has 0 radical (unpaired) electrons. The van der Waals surface area contributed by atoms with Crippen molar-refractivity contribution in [2.45, 2.75) is 13.5 Å². The lowest BCUT2D eigenvalue weighted by molar-refractivity contribution is -0.749. The number of aromatic nitrogens is 2. The highest BCUT2D eigenvalue weighted by Crippen LogP contribution is 2.29. The summed E-state index contributed by atoms with van der Waals surface area (Å²) in [6.07, 6.45) is 2.16. The molecule has 2 aromatic carbocycles. The Morgan fingerprint density at radius 2 is 2.16 bits per heavy atom. The fourth-order valence-electron chi connectivity index (χ4n) is 2.94. The molecule has 3 nitrogen and oxygen atoms in total. The minimum Gasteiger partial charge on any atom is -0.238 e. The lowest BCUT2D eigenvalue weighted by atomic mass is 10.1. The monoisotopic (exact) mass is 246 g/mol. The molecule has 0 amide bonds. The molecule has 0 aliphatic carbocycles. The van der Waals surface area contributed by atoms with E-state index in [4.69, 9.17) is 6.57 Å². The van der Waals surface area contributed by atoms with Crippen LogP contribution in [0.25, 0.3) is 21.4 Å². The molecule has 0 atom stereocenters. The summed E-state index contributed by atoms with van der Waals surface area (Å²) in [7, 11) is 0. The van der Waals surface area contributed by atoms with Gasteiger partial charge in [0.25, 0.3) is 0 Å². The van der Waals surface area contributed by atoms with Crippen LogP contribution in [-0.2, 0) is 6.54 Å². The molecular formula is C16H12N3+. The molecular weight excluding hydrogens is 234 g/mol. The molecule has 0 saturated heterocycles. The predicted molar refractivity (Wildman–Crippen MR) is 73.6 cm³/mol. The third-order valence-electron chi connectivity index (χ3n) is 3.78. The number of hydrogen-bond acceptors (Lipinski definition) is 0. The second-order valence-corrected chi connectivity index (χ2v) is 4.98. The predicted octanol–water partition coefficient (Wildman–Crippen LogP) is 3.14. The van der Waals surface area contributed by atoms with Gasteiger partial charge in [-0.15, -0.1) is 9.36 Å². The summed E-state index contributed by atoms with van der Waals surface area (Å²) < 4.78 is 4.45.